The average Bonchev–Trinajstić information content (AvgIpc) is 2.88. The third kappa shape index (κ3) is 3.18. The van der Waals surface area contributed by atoms with Gasteiger partial charge in [-0.1, -0.05) is 11.8 Å². The predicted molar refractivity (Wildman–Crippen MR) is 85.3 cm³/mol. The van der Waals surface area contributed by atoms with E-state index in [4.69, 9.17) is 0 Å². The molecule has 1 aliphatic rings. The van der Waals surface area contributed by atoms with Gasteiger partial charge < -0.3 is 0 Å². The lowest BCUT2D eigenvalue weighted by atomic mass is 10.2. The fourth-order valence-electron chi connectivity index (χ4n) is 2.15. The highest BCUT2D eigenvalue weighted by Crippen LogP contribution is 2.35. The molecule has 24 heavy (non-hydrogen) atoms. The number of hydrogen-bond acceptors (Lipinski definition) is 5. The zero-order valence-corrected chi connectivity index (χ0v) is 12.8. The molecule has 2 aromatic rings. The molecule has 0 atom stereocenters. The highest BCUT2D eigenvalue weighted by Gasteiger charge is 2.27. The maximum absolute atomic E-state index is 13.0. The van der Waals surface area contributed by atoms with Gasteiger partial charge >= 0.3 is 0 Å². The summed E-state index contributed by atoms with van der Waals surface area (Å²) in [6.07, 6.45) is 2.21. The lowest BCUT2D eigenvalue weighted by Crippen LogP contribution is -2.29. The number of nitro groups is 1. The van der Waals surface area contributed by atoms with Crippen LogP contribution in [0, 0.1) is 15.9 Å². The Morgan fingerprint density at radius 2 is 1.58 bits per heavy atom. The Labute approximate surface area is 139 Å². The van der Waals surface area contributed by atoms with Crippen molar-refractivity contribution in [3.8, 4) is 0 Å². The first-order chi connectivity index (χ1) is 11.4. The Kier molecular flexibility index (Phi) is 4.13. The SMILES string of the molecule is O=C1C=CC(=O)N1c1cc(Sc2ccc(F)cc2)cc([N+](=O)[O-])c1. The molecule has 0 saturated heterocycles. The molecule has 0 aliphatic carbocycles. The van der Waals surface area contributed by atoms with Crippen molar-refractivity contribution in [2.75, 3.05) is 4.90 Å². The number of anilines is 1. The van der Waals surface area contributed by atoms with E-state index in [1.165, 1.54) is 36.4 Å². The van der Waals surface area contributed by atoms with E-state index in [9.17, 15) is 24.1 Å². The minimum absolute atomic E-state index is 0.119. The van der Waals surface area contributed by atoms with Gasteiger partial charge in [0.25, 0.3) is 17.5 Å². The second-order valence-corrected chi connectivity index (χ2v) is 5.99. The molecule has 0 saturated carbocycles. The van der Waals surface area contributed by atoms with Crippen molar-refractivity contribution in [2.45, 2.75) is 9.79 Å². The predicted octanol–water partition coefficient (Wildman–Crippen LogP) is 3.31. The number of carbonyl (C=O) groups is 2. The Morgan fingerprint density at radius 1 is 0.958 bits per heavy atom. The van der Waals surface area contributed by atoms with Gasteiger partial charge in [-0.05, 0) is 30.3 Å². The number of hydrogen-bond donors (Lipinski definition) is 0. The lowest BCUT2D eigenvalue weighted by Gasteiger charge is -2.14. The second-order valence-electron chi connectivity index (χ2n) is 4.84. The molecule has 0 radical (unpaired) electrons. The number of non-ortho nitro benzene ring substituents is 1. The molecule has 0 N–H and O–H groups in total. The molecule has 0 bridgehead atoms. The minimum atomic E-state index is -0.601. The summed E-state index contributed by atoms with van der Waals surface area (Å²) < 4.78 is 13.0. The first kappa shape index (κ1) is 15.9. The summed E-state index contributed by atoms with van der Waals surface area (Å²) in [5.41, 5.74) is -0.126. The molecule has 3 rings (SSSR count). The zero-order valence-electron chi connectivity index (χ0n) is 12.0. The van der Waals surface area contributed by atoms with Gasteiger partial charge in [-0.25, -0.2) is 9.29 Å². The van der Waals surface area contributed by atoms with Crippen LogP contribution in [0.4, 0.5) is 15.8 Å². The van der Waals surface area contributed by atoms with Crippen LogP contribution >= 0.6 is 11.8 Å². The number of benzene rings is 2. The van der Waals surface area contributed by atoms with Crippen LogP contribution in [-0.4, -0.2) is 16.7 Å². The van der Waals surface area contributed by atoms with Crippen molar-refractivity contribution in [1.29, 1.82) is 0 Å². The Balaban J connectivity index is 2.00. The normalized spacial score (nSPS) is 13.6. The molecule has 6 nitrogen and oxygen atoms in total. The van der Waals surface area contributed by atoms with Crippen LogP contribution in [0.3, 0.4) is 0 Å². The van der Waals surface area contributed by atoms with Crippen LogP contribution in [0.25, 0.3) is 0 Å². The Bertz CT molecular complexity index is 862. The van der Waals surface area contributed by atoms with Gasteiger partial charge in [-0.3, -0.25) is 19.7 Å². The summed E-state index contributed by atoms with van der Waals surface area (Å²) in [5, 5.41) is 11.1. The molecule has 8 heteroatoms. The van der Waals surface area contributed by atoms with Gasteiger partial charge in [0, 0.05) is 34.1 Å². The summed E-state index contributed by atoms with van der Waals surface area (Å²) in [7, 11) is 0. The van der Waals surface area contributed by atoms with E-state index in [-0.39, 0.29) is 11.4 Å². The summed E-state index contributed by atoms with van der Waals surface area (Å²) in [6, 6.07) is 9.62. The molecule has 1 heterocycles. The Morgan fingerprint density at radius 3 is 2.17 bits per heavy atom. The molecular formula is C16H9FN2O4S. The molecule has 1 aliphatic heterocycles. The fourth-order valence-corrected chi connectivity index (χ4v) is 3.06. The van der Waals surface area contributed by atoms with Gasteiger partial charge in [0.2, 0.25) is 0 Å². The van der Waals surface area contributed by atoms with Gasteiger partial charge in [0.05, 0.1) is 10.6 Å². The summed E-state index contributed by atoms with van der Waals surface area (Å²) in [4.78, 5) is 36.1. The van der Waals surface area contributed by atoms with Crippen molar-refractivity contribution in [1.82, 2.24) is 0 Å². The highest BCUT2D eigenvalue weighted by atomic mass is 32.2. The molecule has 0 aromatic heterocycles. The molecule has 0 unspecified atom stereocenters. The number of nitro benzene ring substituents is 1. The smallest absolute Gasteiger partial charge is 0.269 e. The number of nitrogens with zero attached hydrogens (tertiary/aromatic N) is 2. The van der Waals surface area contributed by atoms with Crippen molar-refractivity contribution >= 4 is 35.0 Å². The first-order valence-electron chi connectivity index (χ1n) is 6.73. The van der Waals surface area contributed by atoms with E-state index in [1.54, 1.807) is 0 Å². The van der Waals surface area contributed by atoms with Crippen molar-refractivity contribution < 1.29 is 18.9 Å². The van der Waals surface area contributed by atoms with Crippen molar-refractivity contribution in [3.05, 3.63) is 70.5 Å². The monoisotopic (exact) mass is 344 g/mol. The quantitative estimate of drug-likeness (QED) is 0.483. The van der Waals surface area contributed by atoms with Gasteiger partial charge in [-0.15, -0.1) is 0 Å². The zero-order chi connectivity index (χ0) is 17.3. The molecule has 0 spiro atoms. The van der Waals surface area contributed by atoms with E-state index in [1.807, 2.05) is 0 Å². The van der Waals surface area contributed by atoms with Crippen LogP contribution in [0.2, 0.25) is 0 Å². The molecule has 120 valence electrons. The summed E-state index contributed by atoms with van der Waals surface area (Å²) >= 11 is 1.16. The lowest BCUT2D eigenvalue weighted by molar-refractivity contribution is -0.385. The Hall–Kier alpha value is -3.00. The molecule has 2 amide bonds. The van der Waals surface area contributed by atoms with Gasteiger partial charge in [0.1, 0.15) is 5.82 Å². The van der Waals surface area contributed by atoms with E-state index >= 15 is 0 Å². The maximum Gasteiger partial charge on any atom is 0.272 e. The van der Waals surface area contributed by atoms with Crippen LogP contribution < -0.4 is 4.90 Å². The standard InChI is InChI=1S/C16H9FN2O4S/c17-10-1-3-13(4-2-10)24-14-8-11(7-12(9-14)19(22)23)18-15(20)5-6-16(18)21/h1-9H. The third-order valence-electron chi connectivity index (χ3n) is 3.20. The number of amides is 2. The van der Waals surface area contributed by atoms with Gasteiger partial charge in [0.15, 0.2) is 0 Å². The maximum atomic E-state index is 13.0. The van der Waals surface area contributed by atoms with Crippen molar-refractivity contribution in [3.63, 3.8) is 0 Å². The highest BCUT2D eigenvalue weighted by molar-refractivity contribution is 7.99. The van der Waals surface area contributed by atoms with Crippen LogP contribution in [-0.2, 0) is 9.59 Å². The third-order valence-corrected chi connectivity index (χ3v) is 4.18. The van der Waals surface area contributed by atoms with Crippen LogP contribution in [0.5, 0.6) is 0 Å². The first-order valence-corrected chi connectivity index (χ1v) is 7.55. The fraction of sp³-hybridized carbons (Fsp3) is 0. The van der Waals surface area contributed by atoms with Crippen LogP contribution in [0.1, 0.15) is 0 Å². The average molecular weight is 344 g/mol. The number of imide groups is 1. The second kappa shape index (κ2) is 6.25. The minimum Gasteiger partial charge on any atom is -0.269 e. The molecular weight excluding hydrogens is 335 g/mol. The molecule has 0 fully saturated rings. The van der Waals surface area contributed by atoms with Crippen molar-refractivity contribution in [2.24, 2.45) is 0 Å². The van der Waals surface area contributed by atoms with E-state index < -0.39 is 22.6 Å². The van der Waals surface area contributed by atoms with Gasteiger partial charge in [-0.2, -0.15) is 0 Å². The number of rotatable bonds is 4. The number of halogens is 1. The van der Waals surface area contributed by atoms with E-state index in [0.29, 0.717) is 9.79 Å². The largest absolute Gasteiger partial charge is 0.272 e. The molecule has 2 aromatic carbocycles. The van der Waals surface area contributed by atoms with E-state index in [0.717, 1.165) is 34.9 Å². The topological polar surface area (TPSA) is 80.5 Å². The number of carbonyl (C=O) groups excluding carboxylic acids is 2. The summed E-state index contributed by atoms with van der Waals surface area (Å²) in [6.45, 7) is 0. The summed E-state index contributed by atoms with van der Waals surface area (Å²) in [5.74, 6) is -1.50. The van der Waals surface area contributed by atoms with Crippen LogP contribution in [0.15, 0.2) is 64.4 Å². The van der Waals surface area contributed by atoms with E-state index in [2.05, 4.69) is 0 Å².